The van der Waals surface area contributed by atoms with E-state index in [0.29, 0.717) is 12.5 Å². The molecule has 0 aromatic heterocycles. The molecule has 51 valence electrons. The van der Waals surface area contributed by atoms with E-state index in [1.54, 1.807) is 6.08 Å². The molecule has 1 saturated heterocycles. The Balaban J connectivity index is 1.97. The van der Waals surface area contributed by atoms with E-state index in [0.717, 1.165) is 6.54 Å². The number of hydrogen-bond acceptors (Lipinski definition) is 2. The van der Waals surface area contributed by atoms with Gasteiger partial charge in [0, 0.05) is 6.54 Å². The number of hydroxylamine groups is 2. The molecule has 1 aliphatic rings. The Bertz CT molecular complexity index is 97.1. The third kappa shape index (κ3) is 1.80. The largest absolute Gasteiger partial charge is 0.295 e. The van der Waals surface area contributed by atoms with Gasteiger partial charge in [-0.3, -0.25) is 4.84 Å². The molecular weight excluding hydrogens is 114 g/mol. The Morgan fingerprint density at radius 3 is 3.11 bits per heavy atom. The third-order valence-electron chi connectivity index (χ3n) is 1.25. The van der Waals surface area contributed by atoms with Crippen LogP contribution in [-0.4, -0.2) is 18.2 Å². The molecule has 0 aliphatic carbocycles. The van der Waals surface area contributed by atoms with Crippen molar-refractivity contribution in [3.8, 4) is 0 Å². The fourth-order valence-corrected chi connectivity index (χ4v) is 0.782. The van der Waals surface area contributed by atoms with E-state index >= 15 is 0 Å². The first-order valence-corrected chi connectivity index (χ1v) is 3.18. The topological polar surface area (TPSA) is 12.5 Å². The van der Waals surface area contributed by atoms with Crippen molar-refractivity contribution in [3.63, 3.8) is 0 Å². The van der Waals surface area contributed by atoms with Crippen molar-refractivity contribution in [2.24, 2.45) is 5.92 Å². The molecule has 0 aromatic rings. The van der Waals surface area contributed by atoms with Gasteiger partial charge in [-0.2, -0.15) is 5.06 Å². The van der Waals surface area contributed by atoms with Gasteiger partial charge in [0.25, 0.3) is 0 Å². The minimum absolute atomic E-state index is 0.614. The zero-order chi connectivity index (χ0) is 6.69. The highest BCUT2D eigenvalue weighted by Gasteiger charge is 2.22. The maximum atomic E-state index is 5.16. The van der Waals surface area contributed by atoms with Gasteiger partial charge in [-0.15, -0.1) is 6.58 Å². The van der Waals surface area contributed by atoms with Crippen molar-refractivity contribution in [1.29, 1.82) is 0 Å². The van der Waals surface area contributed by atoms with Crippen LogP contribution in [0.2, 0.25) is 0 Å². The summed E-state index contributed by atoms with van der Waals surface area (Å²) < 4.78 is 0. The van der Waals surface area contributed by atoms with Crippen LogP contribution in [0.4, 0.5) is 0 Å². The molecule has 1 heterocycles. The van der Waals surface area contributed by atoms with Crippen molar-refractivity contribution >= 4 is 0 Å². The van der Waals surface area contributed by atoms with E-state index in [2.05, 4.69) is 20.0 Å². The average molecular weight is 126 g/mol. The molecule has 2 heteroatoms. The van der Waals surface area contributed by atoms with Gasteiger partial charge >= 0.3 is 0 Å². The molecular formula is C7H12NO. The lowest BCUT2D eigenvalue weighted by Gasteiger charge is -2.34. The summed E-state index contributed by atoms with van der Waals surface area (Å²) in [5, 5.41) is 1.84. The molecule has 0 aromatic carbocycles. The molecule has 1 fully saturated rings. The first kappa shape index (κ1) is 6.78. The zero-order valence-electron chi connectivity index (χ0n) is 5.71. The lowest BCUT2D eigenvalue weighted by molar-refractivity contribution is -0.176. The number of rotatable bonds is 3. The highest BCUT2D eigenvalue weighted by Crippen LogP contribution is 2.18. The predicted octanol–water partition coefficient (Wildman–Crippen LogP) is 1.22. The van der Waals surface area contributed by atoms with E-state index in [1.807, 2.05) is 5.06 Å². The first-order chi connectivity index (χ1) is 4.33. The normalized spacial score (nSPS) is 21.4. The standard InChI is InChI=1S/C7H12NO/c1-3-4-9-8-5-7(2)6-8/h3,5,7H,1,4,6H2,2H3. The van der Waals surface area contributed by atoms with E-state index in [9.17, 15) is 0 Å². The molecule has 0 bridgehead atoms. The molecule has 1 aliphatic heterocycles. The number of hydrogen-bond donors (Lipinski definition) is 0. The van der Waals surface area contributed by atoms with Gasteiger partial charge in [0.1, 0.15) is 0 Å². The molecule has 1 atom stereocenters. The van der Waals surface area contributed by atoms with Crippen LogP contribution in [-0.2, 0) is 4.84 Å². The minimum atomic E-state index is 0.614. The molecule has 1 radical (unpaired) electrons. The lowest BCUT2D eigenvalue weighted by Crippen LogP contribution is -2.39. The second-order valence-corrected chi connectivity index (χ2v) is 2.31. The highest BCUT2D eigenvalue weighted by molar-refractivity contribution is 4.82. The highest BCUT2D eigenvalue weighted by atomic mass is 16.7. The summed E-state index contributed by atoms with van der Waals surface area (Å²) >= 11 is 0. The van der Waals surface area contributed by atoms with Crippen molar-refractivity contribution in [3.05, 3.63) is 19.2 Å². The zero-order valence-corrected chi connectivity index (χ0v) is 5.71. The summed E-state index contributed by atoms with van der Waals surface area (Å²) in [7, 11) is 0. The maximum Gasteiger partial charge on any atom is 0.0864 e. The van der Waals surface area contributed by atoms with Crippen LogP contribution in [0.1, 0.15) is 6.92 Å². The van der Waals surface area contributed by atoms with Gasteiger partial charge < -0.3 is 0 Å². The van der Waals surface area contributed by atoms with Crippen molar-refractivity contribution < 1.29 is 4.84 Å². The van der Waals surface area contributed by atoms with E-state index in [1.165, 1.54) is 0 Å². The van der Waals surface area contributed by atoms with Crippen molar-refractivity contribution in [1.82, 2.24) is 5.06 Å². The Morgan fingerprint density at radius 1 is 2.00 bits per heavy atom. The lowest BCUT2D eigenvalue weighted by atomic mass is 10.1. The summed E-state index contributed by atoms with van der Waals surface area (Å²) in [6.07, 6.45) is 1.75. The summed E-state index contributed by atoms with van der Waals surface area (Å²) in [5.74, 6) is 0.690. The van der Waals surface area contributed by atoms with Gasteiger partial charge in [0.15, 0.2) is 0 Å². The van der Waals surface area contributed by atoms with Gasteiger partial charge in [0.05, 0.1) is 13.2 Å². The molecule has 0 spiro atoms. The van der Waals surface area contributed by atoms with E-state index in [4.69, 9.17) is 4.84 Å². The average Bonchev–Trinajstić information content (AvgIpc) is 1.78. The summed E-state index contributed by atoms with van der Waals surface area (Å²) in [6, 6.07) is 0. The Morgan fingerprint density at radius 2 is 2.67 bits per heavy atom. The fraction of sp³-hybridized carbons (Fsp3) is 0.571. The van der Waals surface area contributed by atoms with Crippen LogP contribution in [0, 0.1) is 12.5 Å². The molecule has 2 nitrogen and oxygen atoms in total. The molecule has 9 heavy (non-hydrogen) atoms. The quantitative estimate of drug-likeness (QED) is 0.527. The summed E-state index contributed by atoms with van der Waals surface area (Å²) in [4.78, 5) is 5.16. The second kappa shape index (κ2) is 2.99. The maximum absolute atomic E-state index is 5.16. The molecule has 0 saturated carbocycles. The molecule has 1 unspecified atom stereocenters. The fourth-order valence-electron chi connectivity index (χ4n) is 0.782. The molecule has 0 amide bonds. The Kier molecular flexibility index (Phi) is 2.25. The van der Waals surface area contributed by atoms with Gasteiger partial charge in [-0.25, -0.2) is 0 Å². The van der Waals surface area contributed by atoms with Gasteiger partial charge in [-0.05, 0) is 5.92 Å². The van der Waals surface area contributed by atoms with Crippen LogP contribution in [0.3, 0.4) is 0 Å². The SMILES string of the molecule is C=CCON1[CH]C(C)C1. The van der Waals surface area contributed by atoms with Crippen LogP contribution >= 0.6 is 0 Å². The van der Waals surface area contributed by atoms with Crippen LogP contribution in [0.25, 0.3) is 0 Å². The first-order valence-electron chi connectivity index (χ1n) is 3.18. The third-order valence-corrected chi connectivity index (χ3v) is 1.25. The number of nitrogens with zero attached hydrogens (tertiary/aromatic N) is 1. The minimum Gasteiger partial charge on any atom is -0.295 e. The predicted molar refractivity (Wildman–Crippen MR) is 36.3 cm³/mol. The molecule has 0 N–H and O–H groups in total. The molecule has 1 rings (SSSR count). The van der Waals surface area contributed by atoms with Crippen LogP contribution < -0.4 is 0 Å². The Hall–Kier alpha value is -0.340. The van der Waals surface area contributed by atoms with Gasteiger partial charge in [-0.1, -0.05) is 13.0 Å². The van der Waals surface area contributed by atoms with Crippen LogP contribution in [0.15, 0.2) is 12.7 Å². The van der Waals surface area contributed by atoms with Crippen molar-refractivity contribution in [2.45, 2.75) is 6.92 Å². The van der Waals surface area contributed by atoms with Gasteiger partial charge in [0.2, 0.25) is 0 Å². The summed E-state index contributed by atoms with van der Waals surface area (Å²) in [6.45, 7) is 9.40. The van der Waals surface area contributed by atoms with E-state index < -0.39 is 0 Å². The summed E-state index contributed by atoms with van der Waals surface area (Å²) in [5.41, 5.74) is 0. The Labute approximate surface area is 56.1 Å². The second-order valence-electron chi connectivity index (χ2n) is 2.31. The smallest absolute Gasteiger partial charge is 0.0864 e. The van der Waals surface area contributed by atoms with E-state index in [-0.39, 0.29) is 0 Å². The monoisotopic (exact) mass is 126 g/mol. The van der Waals surface area contributed by atoms with Crippen LogP contribution in [0.5, 0.6) is 0 Å². The van der Waals surface area contributed by atoms with Crippen molar-refractivity contribution in [2.75, 3.05) is 13.2 Å².